The van der Waals surface area contributed by atoms with E-state index in [0.717, 1.165) is 29.9 Å². The molecule has 0 aliphatic heterocycles. The van der Waals surface area contributed by atoms with Crippen LogP contribution in [0.1, 0.15) is 48.5 Å². The molecular weight excluding hydrogens is 210 g/mol. The van der Waals surface area contributed by atoms with Crippen LogP contribution >= 0.6 is 0 Å². The van der Waals surface area contributed by atoms with Crippen molar-refractivity contribution in [1.29, 1.82) is 0 Å². The van der Waals surface area contributed by atoms with Crippen LogP contribution < -0.4 is 5.32 Å². The van der Waals surface area contributed by atoms with Crippen molar-refractivity contribution in [3.63, 3.8) is 0 Å². The van der Waals surface area contributed by atoms with Gasteiger partial charge in [0.1, 0.15) is 0 Å². The minimum Gasteiger partial charge on any atom is -0.349 e. The Morgan fingerprint density at radius 2 is 2.18 bits per heavy atom. The lowest BCUT2D eigenvalue weighted by molar-refractivity contribution is 0.0921. The molecule has 0 heterocycles. The van der Waals surface area contributed by atoms with E-state index in [1.54, 1.807) is 0 Å². The van der Waals surface area contributed by atoms with Gasteiger partial charge in [-0.25, -0.2) is 0 Å². The van der Waals surface area contributed by atoms with Crippen LogP contribution in [0.3, 0.4) is 0 Å². The molecule has 0 saturated heterocycles. The summed E-state index contributed by atoms with van der Waals surface area (Å²) >= 11 is 0. The Balaban J connectivity index is 1.97. The van der Waals surface area contributed by atoms with Crippen molar-refractivity contribution in [2.45, 2.75) is 45.6 Å². The Labute approximate surface area is 103 Å². The minimum absolute atomic E-state index is 0.0767. The van der Waals surface area contributed by atoms with Crippen LogP contribution in [0.25, 0.3) is 0 Å². The number of amides is 1. The Bertz CT molecular complexity index is 400. The van der Waals surface area contributed by atoms with Gasteiger partial charge < -0.3 is 5.32 Å². The van der Waals surface area contributed by atoms with E-state index in [-0.39, 0.29) is 5.91 Å². The molecule has 2 unspecified atom stereocenters. The number of carbonyl (C=O) groups is 1. The van der Waals surface area contributed by atoms with E-state index in [1.807, 2.05) is 31.2 Å². The van der Waals surface area contributed by atoms with Crippen molar-refractivity contribution < 1.29 is 4.79 Å². The summed E-state index contributed by atoms with van der Waals surface area (Å²) in [7, 11) is 0. The molecule has 2 atom stereocenters. The number of hydrogen-bond donors (Lipinski definition) is 1. The molecule has 2 rings (SSSR count). The second-order valence-corrected chi connectivity index (χ2v) is 5.31. The zero-order chi connectivity index (χ0) is 12.3. The summed E-state index contributed by atoms with van der Waals surface area (Å²) in [5, 5.41) is 3.15. The summed E-state index contributed by atoms with van der Waals surface area (Å²) < 4.78 is 0. The third kappa shape index (κ3) is 3.32. The molecule has 1 amide bonds. The first-order valence-electron chi connectivity index (χ1n) is 6.52. The van der Waals surface area contributed by atoms with E-state index in [9.17, 15) is 4.79 Å². The highest BCUT2D eigenvalue weighted by Gasteiger charge is 2.20. The van der Waals surface area contributed by atoms with Gasteiger partial charge in [-0.2, -0.15) is 0 Å². The fourth-order valence-corrected chi connectivity index (χ4v) is 2.62. The van der Waals surface area contributed by atoms with Crippen molar-refractivity contribution in [1.82, 2.24) is 5.32 Å². The number of nitrogens with one attached hydrogen (secondary N) is 1. The van der Waals surface area contributed by atoms with Gasteiger partial charge in [0.15, 0.2) is 0 Å². The van der Waals surface area contributed by atoms with Crippen molar-refractivity contribution >= 4 is 5.91 Å². The van der Waals surface area contributed by atoms with Gasteiger partial charge >= 0.3 is 0 Å². The van der Waals surface area contributed by atoms with E-state index in [0.29, 0.717) is 6.04 Å². The molecule has 1 aromatic rings. The summed E-state index contributed by atoms with van der Waals surface area (Å²) in [6.07, 6.45) is 4.79. The molecular formula is C15H21NO. The second kappa shape index (κ2) is 5.35. The fraction of sp³-hybridized carbons (Fsp3) is 0.533. The zero-order valence-corrected chi connectivity index (χ0v) is 10.7. The van der Waals surface area contributed by atoms with Crippen molar-refractivity contribution in [2.75, 3.05) is 0 Å². The van der Waals surface area contributed by atoms with Crippen LogP contribution in [0.15, 0.2) is 24.3 Å². The topological polar surface area (TPSA) is 29.1 Å². The van der Waals surface area contributed by atoms with Crippen LogP contribution in [0.5, 0.6) is 0 Å². The number of rotatable bonds is 2. The van der Waals surface area contributed by atoms with Gasteiger partial charge in [0.25, 0.3) is 5.91 Å². The normalized spacial score (nSPS) is 24.4. The Morgan fingerprint density at radius 1 is 1.35 bits per heavy atom. The highest BCUT2D eigenvalue weighted by Crippen LogP contribution is 2.23. The molecule has 0 bridgehead atoms. The maximum absolute atomic E-state index is 12.1. The molecule has 1 aliphatic rings. The standard InChI is InChI=1S/C15H21NO/c1-11-5-3-7-13(9-11)15(17)16-14-8-4-6-12(2)10-14/h3,5,7,9,12,14H,4,6,8,10H2,1-2H3,(H,16,17). The van der Waals surface area contributed by atoms with Crippen molar-refractivity contribution in [2.24, 2.45) is 5.92 Å². The summed E-state index contributed by atoms with van der Waals surface area (Å²) in [5.41, 5.74) is 1.91. The zero-order valence-electron chi connectivity index (χ0n) is 10.7. The maximum Gasteiger partial charge on any atom is 0.251 e. The molecule has 0 aromatic heterocycles. The van der Waals surface area contributed by atoms with E-state index in [4.69, 9.17) is 0 Å². The van der Waals surface area contributed by atoms with Gasteiger partial charge in [-0.1, -0.05) is 37.5 Å². The van der Waals surface area contributed by atoms with Crippen LogP contribution in [0, 0.1) is 12.8 Å². The quantitative estimate of drug-likeness (QED) is 0.831. The van der Waals surface area contributed by atoms with E-state index in [2.05, 4.69) is 12.2 Å². The summed E-state index contributed by atoms with van der Waals surface area (Å²) in [4.78, 5) is 12.1. The highest BCUT2D eigenvalue weighted by atomic mass is 16.1. The van der Waals surface area contributed by atoms with Crippen LogP contribution in [-0.2, 0) is 0 Å². The minimum atomic E-state index is 0.0767. The SMILES string of the molecule is Cc1cccc(C(=O)NC2CCCC(C)C2)c1. The average molecular weight is 231 g/mol. The third-order valence-corrected chi connectivity index (χ3v) is 3.55. The summed E-state index contributed by atoms with van der Waals surface area (Å²) in [6, 6.07) is 8.15. The summed E-state index contributed by atoms with van der Waals surface area (Å²) in [6.45, 7) is 4.28. The molecule has 2 heteroatoms. The molecule has 1 saturated carbocycles. The molecule has 0 spiro atoms. The van der Waals surface area contributed by atoms with Crippen molar-refractivity contribution in [3.8, 4) is 0 Å². The van der Waals surface area contributed by atoms with Gasteiger partial charge in [0, 0.05) is 11.6 Å². The van der Waals surface area contributed by atoms with Gasteiger partial charge in [-0.05, 0) is 37.8 Å². The Hall–Kier alpha value is -1.31. The molecule has 0 radical (unpaired) electrons. The number of benzene rings is 1. The first kappa shape index (κ1) is 12.2. The number of aryl methyl sites for hydroxylation is 1. The predicted octanol–water partition coefficient (Wildman–Crippen LogP) is 3.30. The average Bonchev–Trinajstić information content (AvgIpc) is 2.29. The number of hydrogen-bond acceptors (Lipinski definition) is 1. The van der Waals surface area contributed by atoms with Gasteiger partial charge in [0.05, 0.1) is 0 Å². The monoisotopic (exact) mass is 231 g/mol. The molecule has 17 heavy (non-hydrogen) atoms. The molecule has 1 aliphatic carbocycles. The van der Waals surface area contributed by atoms with Crippen molar-refractivity contribution in [3.05, 3.63) is 35.4 Å². The summed E-state index contributed by atoms with van der Waals surface area (Å²) in [5.74, 6) is 0.819. The maximum atomic E-state index is 12.1. The smallest absolute Gasteiger partial charge is 0.251 e. The molecule has 1 fully saturated rings. The highest BCUT2D eigenvalue weighted by molar-refractivity contribution is 5.94. The third-order valence-electron chi connectivity index (χ3n) is 3.55. The lowest BCUT2D eigenvalue weighted by Crippen LogP contribution is -2.37. The first-order valence-corrected chi connectivity index (χ1v) is 6.52. The predicted molar refractivity (Wildman–Crippen MR) is 70.1 cm³/mol. The van der Waals surface area contributed by atoms with Gasteiger partial charge in [-0.3, -0.25) is 4.79 Å². The van der Waals surface area contributed by atoms with E-state index >= 15 is 0 Å². The van der Waals surface area contributed by atoms with Gasteiger partial charge in [-0.15, -0.1) is 0 Å². The van der Waals surface area contributed by atoms with E-state index in [1.165, 1.54) is 12.8 Å². The first-order chi connectivity index (χ1) is 8.15. The van der Waals surface area contributed by atoms with Crippen LogP contribution in [0.2, 0.25) is 0 Å². The second-order valence-electron chi connectivity index (χ2n) is 5.31. The fourth-order valence-electron chi connectivity index (χ4n) is 2.62. The molecule has 1 N–H and O–H groups in total. The largest absolute Gasteiger partial charge is 0.349 e. The molecule has 92 valence electrons. The van der Waals surface area contributed by atoms with Crippen LogP contribution in [-0.4, -0.2) is 11.9 Å². The Morgan fingerprint density at radius 3 is 2.88 bits per heavy atom. The Kier molecular flexibility index (Phi) is 3.82. The van der Waals surface area contributed by atoms with Gasteiger partial charge in [0.2, 0.25) is 0 Å². The number of carbonyl (C=O) groups excluding carboxylic acids is 1. The lowest BCUT2D eigenvalue weighted by atomic mass is 9.87. The molecule has 1 aromatic carbocycles. The van der Waals surface area contributed by atoms with Crippen LogP contribution in [0.4, 0.5) is 0 Å². The van der Waals surface area contributed by atoms with E-state index < -0.39 is 0 Å². The molecule has 2 nitrogen and oxygen atoms in total. The lowest BCUT2D eigenvalue weighted by Gasteiger charge is -2.27.